The average molecular weight is 307 g/mol. The number of rotatable bonds is 5. The number of aromatic nitrogens is 1. The maximum Gasteiger partial charge on any atom is 0.281 e. The van der Waals surface area contributed by atoms with Gasteiger partial charge in [-0.2, -0.15) is 17.0 Å². The average Bonchev–Trinajstić information content (AvgIpc) is 3.08. The predicted molar refractivity (Wildman–Crippen MR) is 84.4 cm³/mol. The first kappa shape index (κ1) is 14.6. The lowest BCUT2D eigenvalue weighted by Crippen LogP contribution is -2.41. The van der Waals surface area contributed by atoms with Gasteiger partial charge in [-0.3, -0.25) is 0 Å². The van der Waals surface area contributed by atoms with Gasteiger partial charge in [-0.1, -0.05) is 18.2 Å². The topological polar surface area (TPSA) is 56.4 Å². The zero-order valence-corrected chi connectivity index (χ0v) is 13.4. The molecule has 0 spiro atoms. The van der Waals surface area contributed by atoms with Crippen LogP contribution in [0.3, 0.4) is 0 Å². The Bertz CT molecular complexity index is 760. The molecular formula is C15H21N3O2S. The quantitative estimate of drug-likeness (QED) is 0.918. The minimum Gasteiger partial charge on any atom is -0.361 e. The van der Waals surface area contributed by atoms with Crippen LogP contribution in [0.4, 0.5) is 0 Å². The number of hydrogen-bond donors (Lipinski definition) is 1. The van der Waals surface area contributed by atoms with Gasteiger partial charge >= 0.3 is 0 Å². The number of H-pyrrole nitrogens is 1. The molecule has 0 unspecified atom stereocenters. The van der Waals surface area contributed by atoms with Crippen LogP contribution in [0.1, 0.15) is 18.4 Å². The van der Waals surface area contributed by atoms with E-state index in [1.165, 1.54) is 19.6 Å². The standard InChI is InChI=1S/C15H21N3O2S/c1-17(2)21(19,20)18(3)11-15(8-9-15)13-10-16-14-7-5-4-6-12(13)14/h4-7,10,16H,8-9,11H2,1-3H3. The number of benzene rings is 1. The van der Waals surface area contributed by atoms with Crippen LogP contribution in [0.2, 0.25) is 0 Å². The maximum absolute atomic E-state index is 12.2. The molecule has 0 amide bonds. The predicted octanol–water partition coefficient (Wildman–Crippen LogP) is 1.94. The molecule has 1 N–H and O–H groups in total. The van der Waals surface area contributed by atoms with E-state index in [9.17, 15) is 8.42 Å². The summed E-state index contributed by atoms with van der Waals surface area (Å²) in [5, 5.41) is 1.20. The van der Waals surface area contributed by atoms with Gasteiger partial charge in [0, 0.05) is 50.2 Å². The molecule has 0 bridgehead atoms. The van der Waals surface area contributed by atoms with Gasteiger partial charge in [0.15, 0.2) is 0 Å². The number of fused-ring (bicyclic) bond motifs is 1. The highest BCUT2D eigenvalue weighted by Crippen LogP contribution is 2.51. The molecule has 2 aromatic rings. The molecule has 21 heavy (non-hydrogen) atoms. The van der Waals surface area contributed by atoms with Gasteiger partial charge in [0.05, 0.1) is 0 Å². The van der Waals surface area contributed by atoms with Gasteiger partial charge < -0.3 is 4.98 Å². The summed E-state index contributed by atoms with van der Waals surface area (Å²) >= 11 is 0. The second-order valence-corrected chi connectivity index (χ2v) is 8.32. The first-order chi connectivity index (χ1) is 9.87. The summed E-state index contributed by atoms with van der Waals surface area (Å²) in [5.41, 5.74) is 2.30. The zero-order valence-electron chi connectivity index (χ0n) is 12.6. The highest BCUT2D eigenvalue weighted by Gasteiger charge is 2.48. The smallest absolute Gasteiger partial charge is 0.281 e. The van der Waals surface area contributed by atoms with Crippen molar-refractivity contribution < 1.29 is 8.42 Å². The first-order valence-electron chi connectivity index (χ1n) is 7.07. The Balaban J connectivity index is 1.92. The highest BCUT2D eigenvalue weighted by atomic mass is 32.2. The van der Waals surface area contributed by atoms with Crippen molar-refractivity contribution in [3.05, 3.63) is 36.0 Å². The summed E-state index contributed by atoms with van der Waals surface area (Å²) in [6, 6.07) is 8.18. The number of likely N-dealkylation sites (N-methyl/N-ethyl adjacent to an activating group) is 1. The minimum atomic E-state index is -3.36. The summed E-state index contributed by atoms with van der Waals surface area (Å²) in [6.07, 6.45) is 4.10. The third kappa shape index (κ3) is 2.37. The van der Waals surface area contributed by atoms with Gasteiger partial charge in [-0.05, 0) is 24.5 Å². The summed E-state index contributed by atoms with van der Waals surface area (Å²) < 4.78 is 27.1. The van der Waals surface area contributed by atoms with E-state index in [1.54, 1.807) is 21.1 Å². The van der Waals surface area contributed by atoms with Crippen LogP contribution in [0.25, 0.3) is 10.9 Å². The molecule has 0 atom stereocenters. The number of aromatic amines is 1. The van der Waals surface area contributed by atoms with Gasteiger partial charge in [-0.15, -0.1) is 0 Å². The van der Waals surface area contributed by atoms with Crippen molar-refractivity contribution in [1.82, 2.24) is 13.6 Å². The molecule has 6 heteroatoms. The molecule has 1 saturated carbocycles. The molecule has 114 valence electrons. The second-order valence-electron chi connectivity index (χ2n) is 6.07. The normalized spacial score (nSPS) is 17.8. The fourth-order valence-corrected chi connectivity index (χ4v) is 3.93. The summed E-state index contributed by atoms with van der Waals surface area (Å²) in [7, 11) is 1.43. The molecule has 5 nitrogen and oxygen atoms in total. The number of nitrogens with one attached hydrogen (secondary N) is 1. The summed E-state index contributed by atoms with van der Waals surface area (Å²) in [5.74, 6) is 0. The lowest BCUT2D eigenvalue weighted by atomic mass is 9.95. The SMILES string of the molecule is CN(C)S(=O)(=O)N(C)CC1(c2c[nH]c3ccccc23)CC1. The van der Waals surface area contributed by atoms with E-state index in [0.717, 1.165) is 18.4 Å². The molecule has 0 radical (unpaired) electrons. The van der Waals surface area contributed by atoms with Crippen molar-refractivity contribution in [1.29, 1.82) is 0 Å². The van der Waals surface area contributed by atoms with Gasteiger partial charge in [0.1, 0.15) is 0 Å². The van der Waals surface area contributed by atoms with Crippen molar-refractivity contribution in [3.63, 3.8) is 0 Å². The molecule has 1 aromatic carbocycles. The Kier molecular flexibility index (Phi) is 3.35. The van der Waals surface area contributed by atoms with Crippen LogP contribution < -0.4 is 0 Å². The van der Waals surface area contributed by atoms with E-state index in [0.29, 0.717) is 6.54 Å². The summed E-state index contributed by atoms with van der Waals surface area (Å²) in [4.78, 5) is 3.29. The van der Waals surface area contributed by atoms with Crippen LogP contribution in [-0.2, 0) is 15.6 Å². The van der Waals surface area contributed by atoms with Crippen LogP contribution in [0, 0.1) is 0 Å². The van der Waals surface area contributed by atoms with Crippen molar-refractivity contribution >= 4 is 21.1 Å². The van der Waals surface area contributed by atoms with Gasteiger partial charge in [0.2, 0.25) is 0 Å². The molecule has 0 saturated heterocycles. The van der Waals surface area contributed by atoms with Gasteiger partial charge in [-0.25, -0.2) is 0 Å². The molecule has 1 fully saturated rings. The number of hydrogen-bond acceptors (Lipinski definition) is 2. The van der Waals surface area contributed by atoms with E-state index < -0.39 is 10.2 Å². The van der Waals surface area contributed by atoms with Crippen molar-refractivity contribution in [3.8, 4) is 0 Å². The van der Waals surface area contributed by atoms with E-state index in [1.807, 2.05) is 18.3 Å². The number of para-hydroxylation sites is 1. The van der Waals surface area contributed by atoms with Crippen LogP contribution >= 0.6 is 0 Å². The molecule has 1 aromatic heterocycles. The van der Waals surface area contributed by atoms with E-state index in [4.69, 9.17) is 0 Å². The Morgan fingerprint density at radius 1 is 1.19 bits per heavy atom. The lowest BCUT2D eigenvalue weighted by Gasteiger charge is -2.26. The first-order valence-corrected chi connectivity index (χ1v) is 8.47. The van der Waals surface area contributed by atoms with Crippen LogP contribution in [-0.4, -0.2) is 49.7 Å². The number of nitrogens with zero attached hydrogens (tertiary/aromatic N) is 2. The van der Waals surface area contributed by atoms with Crippen molar-refractivity contribution in [2.75, 3.05) is 27.7 Å². The Labute approximate surface area is 125 Å². The highest BCUT2D eigenvalue weighted by molar-refractivity contribution is 7.86. The fourth-order valence-electron chi connectivity index (χ4n) is 2.96. The van der Waals surface area contributed by atoms with Crippen molar-refractivity contribution in [2.24, 2.45) is 0 Å². The third-order valence-corrected chi connectivity index (χ3v) is 6.23. The Morgan fingerprint density at radius 2 is 1.86 bits per heavy atom. The largest absolute Gasteiger partial charge is 0.361 e. The molecule has 3 rings (SSSR count). The Hall–Kier alpha value is -1.37. The third-order valence-electron chi connectivity index (χ3n) is 4.39. The van der Waals surface area contributed by atoms with Gasteiger partial charge in [0.25, 0.3) is 10.2 Å². The van der Waals surface area contributed by atoms with E-state index >= 15 is 0 Å². The van der Waals surface area contributed by atoms with Crippen molar-refractivity contribution in [2.45, 2.75) is 18.3 Å². The molecule has 1 aliphatic rings. The zero-order chi connectivity index (χ0) is 15.3. The fraction of sp³-hybridized carbons (Fsp3) is 0.467. The molecular weight excluding hydrogens is 286 g/mol. The van der Waals surface area contributed by atoms with Crippen LogP contribution in [0.15, 0.2) is 30.5 Å². The summed E-state index contributed by atoms with van der Waals surface area (Å²) in [6.45, 7) is 0.523. The monoisotopic (exact) mass is 307 g/mol. The van der Waals surface area contributed by atoms with E-state index in [-0.39, 0.29) is 5.41 Å². The lowest BCUT2D eigenvalue weighted by molar-refractivity contribution is 0.390. The molecule has 1 heterocycles. The molecule has 0 aliphatic heterocycles. The van der Waals surface area contributed by atoms with Crippen LogP contribution in [0.5, 0.6) is 0 Å². The maximum atomic E-state index is 12.2. The minimum absolute atomic E-state index is 0.0442. The van der Waals surface area contributed by atoms with E-state index in [2.05, 4.69) is 17.1 Å². The Morgan fingerprint density at radius 3 is 2.48 bits per heavy atom. The second kappa shape index (κ2) is 4.83. The molecule has 1 aliphatic carbocycles.